The van der Waals surface area contributed by atoms with Crippen molar-refractivity contribution < 1.29 is 0 Å². The molecule has 2 heterocycles. The average Bonchev–Trinajstić information content (AvgIpc) is 2.36. The zero-order chi connectivity index (χ0) is 6.97. The van der Waals surface area contributed by atoms with Gasteiger partial charge in [-0.25, -0.2) is 0 Å². The van der Waals surface area contributed by atoms with Crippen molar-refractivity contribution in [3.8, 4) is 0 Å². The van der Waals surface area contributed by atoms with Crippen LogP contribution in [0.2, 0.25) is 0 Å². The number of hydrogen-bond donors (Lipinski definition) is 2. The van der Waals surface area contributed by atoms with E-state index in [2.05, 4.69) is 25.6 Å². The molecule has 0 bridgehead atoms. The minimum atomic E-state index is 0.322. The molecule has 2 rings (SSSR count). The molecule has 10 heavy (non-hydrogen) atoms. The van der Waals surface area contributed by atoms with Gasteiger partial charge in [0.05, 0.1) is 6.20 Å². The van der Waals surface area contributed by atoms with Gasteiger partial charge in [-0.3, -0.25) is 5.10 Å². The van der Waals surface area contributed by atoms with Crippen LogP contribution in [0.4, 0.5) is 5.82 Å². The Morgan fingerprint density at radius 2 is 2.30 bits per heavy atom. The van der Waals surface area contributed by atoms with Crippen LogP contribution >= 0.6 is 0 Å². The number of hydrogen-bond acceptors (Lipinski definition) is 5. The molecule has 0 aliphatic heterocycles. The Balaban J connectivity index is 2.95. The Morgan fingerprint density at radius 3 is 3.10 bits per heavy atom. The maximum absolute atomic E-state index is 5.42. The van der Waals surface area contributed by atoms with Crippen LogP contribution in [0.3, 0.4) is 0 Å². The van der Waals surface area contributed by atoms with Crippen molar-refractivity contribution in [1.82, 2.24) is 25.6 Å². The molecule has 0 aliphatic carbocycles. The highest BCUT2D eigenvalue weighted by Gasteiger charge is 2.00. The monoisotopic (exact) mass is 136 g/mol. The summed E-state index contributed by atoms with van der Waals surface area (Å²) in [6.45, 7) is 0. The number of rotatable bonds is 0. The number of H-pyrrole nitrogens is 1. The summed E-state index contributed by atoms with van der Waals surface area (Å²) < 4.78 is 0. The number of aromatic nitrogens is 5. The third-order valence-electron chi connectivity index (χ3n) is 1.18. The first-order chi connectivity index (χ1) is 4.88. The fourth-order valence-electron chi connectivity index (χ4n) is 0.711. The highest BCUT2D eigenvalue weighted by molar-refractivity contribution is 5.81. The fourth-order valence-corrected chi connectivity index (χ4v) is 0.711. The Labute approximate surface area is 55.4 Å². The summed E-state index contributed by atoms with van der Waals surface area (Å²) in [7, 11) is 0. The summed E-state index contributed by atoms with van der Waals surface area (Å²) in [6.07, 6.45) is 1.50. The smallest absolute Gasteiger partial charge is 0.173 e. The number of nitrogens with zero attached hydrogens (tertiary/aromatic N) is 4. The summed E-state index contributed by atoms with van der Waals surface area (Å²) >= 11 is 0. The van der Waals surface area contributed by atoms with E-state index in [1.807, 2.05) is 0 Å². The van der Waals surface area contributed by atoms with E-state index in [0.717, 1.165) is 0 Å². The van der Waals surface area contributed by atoms with Gasteiger partial charge in [-0.2, -0.15) is 5.10 Å². The second-order valence-electron chi connectivity index (χ2n) is 1.80. The number of fused-ring (bicyclic) bond motifs is 1. The summed E-state index contributed by atoms with van der Waals surface area (Å²) in [5, 5.41) is 17.0. The molecule has 0 saturated carbocycles. The average molecular weight is 136 g/mol. The maximum Gasteiger partial charge on any atom is 0.173 e. The van der Waals surface area contributed by atoms with E-state index in [1.165, 1.54) is 6.20 Å². The number of anilines is 1. The first-order valence-electron chi connectivity index (χ1n) is 2.66. The molecule has 6 nitrogen and oxygen atoms in total. The van der Waals surface area contributed by atoms with Gasteiger partial charge in [0.1, 0.15) is 11.0 Å². The normalized spacial score (nSPS) is 10.4. The molecule has 2 aromatic rings. The number of nitrogen functional groups attached to an aromatic ring is 1. The first kappa shape index (κ1) is 5.10. The van der Waals surface area contributed by atoms with Crippen molar-refractivity contribution >= 4 is 16.9 Å². The molecule has 0 fully saturated rings. The summed E-state index contributed by atoms with van der Waals surface area (Å²) in [6, 6.07) is 0. The van der Waals surface area contributed by atoms with Gasteiger partial charge in [-0.1, -0.05) is 5.21 Å². The zero-order valence-corrected chi connectivity index (χ0v) is 4.94. The summed E-state index contributed by atoms with van der Waals surface area (Å²) in [5.74, 6) is 0.322. The molecule has 0 spiro atoms. The van der Waals surface area contributed by atoms with Crippen LogP contribution in [0, 0.1) is 0 Å². The van der Waals surface area contributed by atoms with Crippen LogP contribution in [0.5, 0.6) is 0 Å². The Hall–Kier alpha value is -1.72. The molecule has 50 valence electrons. The molecule has 0 aromatic carbocycles. The molecule has 0 saturated heterocycles. The molecular formula is C4H4N6. The van der Waals surface area contributed by atoms with E-state index in [4.69, 9.17) is 5.73 Å². The SMILES string of the molecule is Nc1nncc2nn[nH]c12. The van der Waals surface area contributed by atoms with E-state index in [1.54, 1.807) is 0 Å². The predicted molar refractivity (Wildman–Crippen MR) is 33.9 cm³/mol. The van der Waals surface area contributed by atoms with Crippen molar-refractivity contribution in [1.29, 1.82) is 0 Å². The molecule has 2 aromatic heterocycles. The number of nitrogens with one attached hydrogen (secondary N) is 1. The van der Waals surface area contributed by atoms with Crippen LogP contribution in [-0.2, 0) is 0 Å². The maximum atomic E-state index is 5.42. The third-order valence-corrected chi connectivity index (χ3v) is 1.18. The number of nitrogens with two attached hydrogens (primary N) is 1. The third kappa shape index (κ3) is 0.524. The van der Waals surface area contributed by atoms with Gasteiger partial charge in [0.25, 0.3) is 0 Å². The second kappa shape index (κ2) is 1.63. The Kier molecular flexibility index (Phi) is 0.830. The molecule has 0 unspecified atom stereocenters. The Morgan fingerprint density at radius 1 is 1.40 bits per heavy atom. The van der Waals surface area contributed by atoms with Crippen LogP contribution in [-0.4, -0.2) is 25.6 Å². The van der Waals surface area contributed by atoms with Gasteiger partial charge in [0.15, 0.2) is 5.82 Å². The van der Waals surface area contributed by atoms with Gasteiger partial charge >= 0.3 is 0 Å². The van der Waals surface area contributed by atoms with E-state index >= 15 is 0 Å². The standard InChI is InChI=1S/C4H4N6/c5-4-3-2(1-6-9-4)7-10-8-3/h1H,(H2,5,9)(H,7,8,10). The number of aromatic amines is 1. The lowest BCUT2D eigenvalue weighted by Gasteiger charge is -1.87. The van der Waals surface area contributed by atoms with Gasteiger partial charge in [-0.05, 0) is 0 Å². The van der Waals surface area contributed by atoms with E-state index in [9.17, 15) is 0 Å². The van der Waals surface area contributed by atoms with Crippen molar-refractivity contribution in [2.75, 3.05) is 5.73 Å². The van der Waals surface area contributed by atoms with Crippen molar-refractivity contribution in [2.24, 2.45) is 0 Å². The molecule has 0 amide bonds. The van der Waals surface area contributed by atoms with Crippen LogP contribution in [0.25, 0.3) is 11.0 Å². The van der Waals surface area contributed by atoms with E-state index in [0.29, 0.717) is 16.9 Å². The molecular weight excluding hydrogens is 132 g/mol. The second-order valence-corrected chi connectivity index (χ2v) is 1.80. The molecule has 0 radical (unpaired) electrons. The van der Waals surface area contributed by atoms with Gasteiger partial charge in [0, 0.05) is 0 Å². The van der Waals surface area contributed by atoms with Gasteiger partial charge in [-0.15, -0.1) is 10.2 Å². The quantitative estimate of drug-likeness (QED) is 0.501. The van der Waals surface area contributed by atoms with Crippen LogP contribution in [0.1, 0.15) is 0 Å². The van der Waals surface area contributed by atoms with Crippen molar-refractivity contribution in [3.63, 3.8) is 0 Å². The first-order valence-corrected chi connectivity index (χ1v) is 2.66. The van der Waals surface area contributed by atoms with Crippen LogP contribution < -0.4 is 5.73 Å². The van der Waals surface area contributed by atoms with Gasteiger partial charge in [0.2, 0.25) is 0 Å². The fraction of sp³-hybridized carbons (Fsp3) is 0. The molecule has 0 aliphatic rings. The topological polar surface area (TPSA) is 93.4 Å². The van der Waals surface area contributed by atoms with Crippen LogP contribution in [0.15, 0.2) is 6.20 Å². The zero-order valence-electron chi connectivity index (χ0n) is 4.94. The lowest BCUT2D eigenvalue weighted by atomic mass is 10.4. The lowest BCUT2D eigenvalue weighted by Crippen LogP contribution is -1.92. The van der Waals surface area contributed by atoms with Crippen molar-refractivity contribution in [3.05, 3.63) is 6.20 Å². The molecule has 0 atom stereocenters. The van der Waals surface area contributed by atoms with Crippen molar-refractivity contribution in [2.45, 2.75) is 0 Å². The van der Waals surface area contributed by atoms with Gasteiger partial charge < -0.3 is 5.73 Å². The Bertz CT molecular complexity index is 351. The predicted octanol–water partition coefficient (Wildman–Crippen LogP) is -0.670. The highest BCUT2D eigenvalue weighted by atomic mass is 15.3. The summed E-state index contributed by atoms with van der Waals surface area (Å²) in [5.41, 5.74) is 6.68. The van der Waals surface area contributed by atoms with E-state index in [-0.39, 0.29) is 0 Å². The lowest BCUT2D eigenvalue weighted by molar-refractivity contribution is 0.959. The molecule has 6 heteroatoms. The minimum Gasteiger partial charge on any atom is -0.380 e. The van der Waals surface area contributed by atoms with E-state index < -0.39 is 0 Å². The summed E-state index contributed by atoms with van der Waals surface area (Å²) in [4.78, 5) is 0. The minimum absolute atomic E-state index is 0.322. The largest absolute Gasteiger partial charge is 0.380 e. The molecule has 3 N–H and O–H groups in total. The highest BCUT2D eigenvalue weighted by Crippen LogP contribution is 2.08.